The van der Waals surface area contributed by atoms with Crippen LogP contribution in [0.5, 0.6) is 0 Å². The summed E-state index contributed by atoms with van der Waals surface area (Å²) in [6.45, 7) is 0. The Balaban J connectivity index is 1.65. The minimum atomic E-state index is -1.06. The molecule has 0 aliphatic heterocycles. The molecule has 2 heterocycles. The Kier molecular flexibility index (Phi) is 4.90. The normalized spacial score (nSPS) is 11.0. The average Bonchev–Trinajstić information content (AvgIpc) is 3.32. The number of anilines is 1. The van der Waals surface area contributed by atoms with Gasteiger partial charge in [0.05, 0.1) is 12.0 Å². The van der Waals surface area contributed by atoms with E-state index in [1.54, 1.807) is 23.6 Å². The van der Waals surface area contributed by atoms with Crippen molar-refractivity contribution in [3.8, 4) is 11.1 Å². The zero-order valence-electron chi connectivity index (χ0n) is 15.9. The number of carboxylic acids is 1. The first-order valence-electron chi connectivity index (χ1n) is 8.94. The van der Waals surface area contributed by atoms with Gasteiger partial charge in [0.25, 0.3) is 5.89 Å². The number of rotatable bonds is 6. The van der Waals surface area contributed by atoms with Gasteiger partial charge in [-0.1, -0.05) is 24.3 Å². The molecule has 0 aliphatic rings. The third kappa shape index (κ3) is 3.64. The number of hydrogen-bond acceptors (Lipinski definition) is 6. The summed E-state index contributed by atoms with van der Waals surface area (Å²) in [5, 5.41) is 11.6. The van der Waals surface area contributed by atoms with Crippen LogP contribution in [-0.2, 0) is 6.42 Å². The average molecular weight is 406 g/mol. The molecule has 0 radical (unpaired) electrons. The van der Waals surface area contributed by atoms with Crippen molar-refractivity contribution in [1.29, 1.82) is 0 Å². The van der Waals surface area contributed by atoms with Crippen LogP contribution >= 0.6 is 11.3 Å². The lowest BCUT2D eigenvalue weighted by molar-refractivity contribution is 0.0697. The molecule has 2 aromatic carbocycles. The second kappa shape index (κ2) is 7.52. The third-order valence-electron chi connectivity index (χ3n) is 4.63. The van der Waals surface area contributed by atoms with Crippen molar-refractivity contribution >= 4 is 39.9 Å². The van der Waals surface area contributed by atoms with Gasteiger partial charge in [-0.15, -0.1) is 11.3 Å². The highest BCUT2D eigenvalue weighted by atomic mass is 32.1. The summed E-state index contributed by atoms with van der Waals surface area (Å²) in [6, 6.07) is 14.8. The van der Waals surface area contributed by atoms with Gasteiger partial charge in [-0.25, -0.2) is 9.78 Å². The predicted octanol–water partition coefficient (Wildman–Crippen LogP) is 4.75. The van der Waals surface area contributed by atoms with Gasteiger partial charge < -0.3 is 14.4 Å². The number of para-hydroxylation sites is 2. The van der Waals surface area contributed by atoms with E-state index in [9.17, 15) is 14.7 Å². The van der Waals surface area contributed by atoms with Crippen LogP contribution in [0.25, 0.3) is 22.2 Å². The number of Topliss-reactive ketones (excluding diaryl/α,β-unsaturated/α-hetero) is 1. The van der Waals surface area contributed by atoms with Crippen LogP contribution in [0.4, 0.5) is 5.69 Å². The number of carbonyl (C=O) groups is 2. The number of fused-ring (bicyclic) bond motifs is 1. The number of aromatic carboxylic acids is 1. The smallest absolute Gasteiger partial charge is 0.337 e. The first kappa shape index (κ1) is 18.9. The molecule has 0 saturated carbocycles. The zero-order valence-corrected chi connectivity index (χ0v) is 16.7. The summed E-state index contributed by atoms with van der Waals surface area (Å²) >= 11 is 1.26. The minimum absolute atomic E-state index is 0.00664. The van der Waals surface area contributed by atoms with Gasteiger partial charge in [-0.05, 0) is 35.2 Å². The molecular formula is C22H18N2O4S. The lowest BCUT2D eigenvalue weighted by Gasteiger charge is -2.12. The molecule has 0 unspecified atom stereocenters. The second-order valence-electron chi connectivity index (χ2n) is 6.78. The lowest BCUT2D eigenvalue weighted by atomic mass is 10.0. The molecule has 0 spiro atoms. The van der Waals surface area contributed by atoms with Crippen molar-refractivity contribution in [2.75, 3.05) is 19.0 Å². The molecule has 0 saturated heterocycles. The topological polar surface area (TPSA) is 83.6 Å². The van der Waals surface area contributed by atoms with E-state index < -0.39 is 5.97 Å². The molecule has 0 fully saturated rings. The molecular weight excluding hydrogens is 388 g/mol. The molecule has 1 N–H and O–H groups in total. The standard InChI is InChI=1S/C22H18N2O4S/c1-24(2)14-9-7-13(8-10-14)15-12-29-19(20(15)22(26)27)11-17(25)21-23-16-5-3-4-6-18(16)28-21/h3-10,12H,11H2,1-2H3,(H,26,27). The van der Waals surface area contributed by atoms with Crippen molar-refractivity contribution in [2.45, 2.75) is 6.42 Å². The summed E-state index contributed by atoms with van der Waals surface area (Å²) in [5.41, 5.74) is 3.70. The number of benzene rings is 2. The molecule has 0 amide bonds. The molecule has 146 valence electrons. The number of aromatic nitrogens is 1. The number of oxazole rings is 1. The summed E-state index contributed by atoms with van der Waals surface area (Å²) in [6.07, 6.45) is -0.0745. The van der Waals surface area contributed by atoms with E-state index in [4.69, 9.17) is 4.42 Å². The van der Waals surface area contributed by atoms with Crippen molar-refractivity contribution in [1.82, 2.24) is 4.98 Å². The van der Waals surface area contributed by atoms with Crippen LogP contribution in [-0.4, -0.2) is 35.9 Å². The van der Waals surface area contributed by atoms with E-state index >= 15 is 0 Å². The fourth-order valence-electron chi connectivity index (χ4n) is 3.13. The number of carboxylic acid groups (broad SMARTS) is 1. The van der Waals surface area contributed by atoms with E-state index in [0.717, 1.165) is 11.3 Å². The zero-order chi connectivity index (χ0) is 20.5. The maximum Gasteiger partial charge on any atom is 0.337 e. The summed E-state index contributed by atoms with van der Waals surface area (Å²) < 4.78 is 5.52. The van der Waals surface area contributed by atoms with E-state index in [2.05, 4.69) is 4.98 Å². The Labute approximate surface area is 171 Å². The molecule has 4 rings (SSSR count). The fraction of sp³-hybridized carbons (Fsp3) is 0.136. The number of hydrogen-bond donors (Lipinski definition) is 1. The van der Waals surface area contributed by atoms with E-state index in [0.29, 0.717) is 21.5 Å². The number of thiophene rings is 1. The van der Waals surface area contributed by atoms with Crippen LogP contribution in [0.3, 0.4) is 0 Å². The maximum atomic E-state index is 12.7. The lowest BCUT2D eigenvalue weighted by Crippen LogP contribution is -2.08. The molecule has 6 nitrogen and oxygen atoms in total. The molecule has 0 bridgehead atoms. The van der Waals surface area contributed by atoms with Crippen LogP contribution in [0, 0.1) is 0 Å². The van der Waals surface area contributed by atoms with Crippen molar-refractivity contribution in [2.24, 2.45) is 0 Å². The Hall–Kier alpha value is -3.45. The largest absolute Gasteiger partial charge is 0.478 e. The fourth-order valence-corrected chi connectivity index (χ4v) is 4.17. The monoisotopic (exact) mass is 406 g/mol. The first-order valence-corrected chi connectivity index (χ1v) is 9.82. The van der Waals surface area contributed by atoms with Gasteiger partial charge in [-0.2, -0.15) is 0 Å². The quantitative estimate of drug-likeness (QED) is 0.466. The van der Waals surface area contributed by atoms with Crippen molar-refractivity contribution < 1.29 is 19.1 Å². The molecule has 0 atom stereocenters. The SMILES string of the molecule is CN(C)c1ccc(-c2csc(CC(=O)c3nc4ccccc4o3)c2C(=O)O)cc1. The highest BCUT2D eigenvalue weighted by Crippen LogP contribution is 2.33. The molecule has 0 aliphatic carbocycles. The maximum absolute atomic E-state index is 12.7. The van der Waals surface area contributed by atoms with Gasteiger partial charge >= 0.3 is 5.97 Å². The Morgan fingerprint density at radius 2 is 1.83 bits per heavy atom. The Bertz CT molecular complexity index is 1170. The molecule has 4 aromatic rings. The highest BCUT2D eigenvalue weighted by molar-refractivity contribution is 7.11. The van der Waals surface area contributed by atoms with Crippen LogP contribution in [0.15, 0.2) is 58.3 Å². The van der Waals surface area contributed by atoms with Gasteiger partial charge in [0, 0.05) is 30.2 Å². The molecule has 7 heteroatoms. The first-order chi connectivity index (χ1) is 13.9. The minimum Gasteiger partial charge on any atom is -0.478 e. The summed E-state index contributed by atoms with van der Waals surface area (Å²) in [4.78, 5) is 31.3. The number of carbonyl (C=O) groups excluding carboxylic acids is 1. The van der Waals surface area contributed by atoms with Gasteiger partial charge in [0.15, 0.2) is 5.58 Å². The molecule has 2 aromatic heterocycles. The van der Waals surface area contributed by atoms with E-state index in [1.165, 1.54) is 11.3 Å². The summed E-state index contributed by atoms with van der Waals surface area (Å²) in [5.74, 6) is -1.41. The van der Waals surface area contributed by atoms with Crippen LogP contribution in [0.1, 0.15) is 25.9 Å². The van der Waals surface area contributed by atoms with Gasteiger partial charge in [-0.3, -0.25) is 4.79 Å². The van der Waals surface area contributed by atoms with Gasteiger partial charge in [0.2, 0.25) is 5.78 Å². The van der Waals surface area contributed by atoms with Crippen LogP contribution in [0.2, 0.25) is 0 Å². The third-order valence-corrected chi connectivity index (χ3v) is 5.62. The molecule has 29 heavy (non-hydrogen) atoms. The van der Waals surface area contributed by atoms with Crippen molar-refractivity contribution in [3.05, 3.63) is 70.2 Å². The van der Waals surface area contributed by atoms with E-state index in [-0.39, 0.29) is 23.7 Å². The van der Waals surface area contributed by atoms with Crippen LogP contribution < -0.4 is 4.90 Å². The number of nitrogens with zero attached hydrogens (tertiary/aromatic N) is 2. The Morgan fingerprint density at radius 3 is 2.48 bits per heavy atom. The van der Waals surface area contributed by atoms with Crippen molar-refractivity contribution in [3.63, 3.8) is 0 Å². The second-order valence-corrected chi connectivity index (χ2v) is 7.74. The Morgan fingerprint density at radius 1 is 1.10 bits per heavy atom. The summed E-state index contributed by atoms with van der Waals surface area (Å²) in [7, 11) is 3.89. The van der Waals surface area contributed by atoms with E-state index in [1.807, 2.05) is 49.3 Å². The predicted molar refractivity (Wildman–Crippen MR) is 113 cm³/mol. The number of ketones is 1. The van der Waals surface area contributed by atoms with Gasteiger partial charge in [0.1, 0.15) is 5.52 Å². The highest BCUT2D eigenvalue weighted by Gasteiger charge is 2.23.